The minimum Gasteiger partial charge on any atom is -0.317 e. The third-order valence-electron chi connectivity index (χ3n) is 3.06. The average Bonchev–Trinajstić information content (AvgIpc) is 2.58. The molecule has 2 rings (SSSR count). The molecule has 3 nitrogen and oxygen atoms in total. The van der Waals surface area contributed by atoms with E-state index in [4.69, 9.17) is 0 Å². The van der Waals surface area contributed by atoms with Crippen molar-refractivity contribution in [1.82, 2.24) is 15.2 Å². The summed E-state index contributed by atoms with van der Waals surface area (Å²) in [7, 11) is 2.22. The van der Waals surface area contributed by atoms with E-state index < -0.39 is 0 Å². The van der Waals surface area contributed by atoms with Crippen LogP contribution in [-0.2, 0) is 6.54 Å². The molecule has 0 aromatic carbocycles. The summed E-state index contributed by atoms with van der Waals surface area (Å²) in [6.07, 6.45) is 3.88. The normalized spacial score (nSPS) is 21.5. The molecule has 92 valence electrons. The maximum atomic E-state index is 4.34. The number of aromatic nitrogens is 1. The fourth-order valence-electron chi connectivity index (χ4n) is 2.14. The van der Waals surface area contributed by atoms with Crippen molar-refractivity contribution in [3.63, 3.8) is 0 Å². The Kier molecular flexibility index (Phi) is 6.28. The maximum Gasteiger partial charge on any atom is 0.0795 e. The summed E-state index contributed by atoms with van der Waals surface area (Å²) in [4.78, 5) is 6.78. The van der Waals surface area contributed by atoms with Crippen molar-refractivity contribution in [2.24, 2.45) is 0 Å². The Labute approximate surface area is 108 Å². The van der Waals surface area contributed by atoms with Gasteiger partial charge in [-0.3, -0.25) is 4.90 Å². The Morgan fingerprint density at radius 3 is 3.12 bits per heavy atom. The topological polar surface area (TPSA) is 28.2 Å². The summed E-state index contributed by atoms with van der Waals surface area (Å²) >= 11 is 1.68. The average molecular weight is 262 g/mol. The summed E-state index contributed by atoms with van der Waals surface area (Å²) < 4.78 is 0. The molecular weight excluding hydrogens is 242 g/mol. The molecule has 0 amide bonds. The van der Waals surface area contributed by atoms with Gasteiger partial charge < -0.3 is 5.32 Å². The van der Waals surface area contributed by atoms with Gasteiger partial charge in [-0.2, -0.15) is 0 Å². The van der Waals surface area contributed by atoms with Crippen LogP contribution in [0.2, 0.25) is 0 Å². The number of rotatable bonds is 3. The van der Waals surface area contributed by atoms with Crippen molar-refractivity contribution >= 4 is 23.7 Å². The number of thiazole rings is 1. The van der Waals surface area contributed by atoms with Crippen LogP contribution in [-0.4, -0.2) is 36.1 Å². The van der Waals surface area contributed by atoms with Gasteiger partial charge in [0.25, 0.3) is 0 Å². The van der Waals surface area contributed by atoms with Gasteiger partial charge in [0, 0.05) is 18.0 Å². The largest absolute Gasteiger partial charge is 0.317 e. The van der Waals surface area contributed by atoms with Crippen LogP contribution in [0.25, 0.3) is 0 Å². The summed E-state index contributed by atoms with van der Waals surface area (Å²) in [5.74, 6) is 0. The third kappa shape index (κ3) is 4.01. The molecule has 5 heteroatoms. The van der Waals surface area contributed by atoms with E-state index in [1.165, 1.54) is 31.5 Å². The lowest BCUT2D eigenvalue weighted by Crippen LogP contribution is -2.32. The molecule has 1 atom stereocenters. The lowest BCUT2D eigenvalue weighted by Gasteiger charge is -2.25. The van der Waals surface area contributed by atoms with Gasteiger partial charge in [-0.05, 0) is 39.4 Å². The molecule has 1 fully saturated rings. The Morgan fingerprint density at radius 1 is 1.50 bits per heavy atom. The number of nitrogens with one attached hydrogen (secondary N) is 1. The van der Waals surface area contributed by atoms with Crippen LogP contribution in [0.3, 0.4) is 0 Å². The van der Waals surface area contributed by atoms with E-state index >= 15 is 0 Å². The molecule has 1 N–H and O–H groups in total. The number of hydrogen-bond acceptors (Lipinski definition) is 4. The molecule has 1 aromatic heterocycles. The van der Waals surface area contributed by atoms with Crippen molar-refractivity contribution in [2.75, 3.05) is 20.1 Å². The highest BCUT2D eigenvalue weighted by Gasteiger charge is 2.16. The molecule has 1 aliphatic heterocycles. The second-order valence-corrected chi connectivity index (χ2v) is 4.95. The number of hydrogen-bond donors (Lipinski definition) is 1. The predicted molar refractivity (Wildman–Crippen MR) is 71.3 cm³/mol. The van der Waals surface area contributed by atoms with Crippen LogP contribution in [0.5, 0.6) is 0 Å². The first-order valence-electron chi connectivity index (χ1n) is 5.64. The second-order valence-electron chi connectivity index (χ2n) is 4.23. The molecule has 0 bridgehead atoms. The molecule has 1 unspecified atom stereocenters. The number of halogens is 1. The van der Waals surface area contributed by atoms with Crippen LogP contribution >= 0.6 is 23.7 Å². The summed E-state index contributed by atoms with van der Waals surface area (Å²) in [6, 6.07) is 0.724. The van der Waals surface area contributed by atoms with Crippen LogP contribution in [0.1, 0.15) is 25.0 Å². The smallest absolute Gasteiger partial charge is 0.0795 e. The summed E-state index contributed by atoms with van der Waals surface area (Å²) in [5, 5.41) is 5.60. The first kappa shape index (κ1) is 13.9. The Bertz CT molecular complexity index is 271. The van der Waals surface area contributed by atoms with Crippen LogP contribution in [0.4, 0.5) is 0 Å². The molecular formula is C11H20ClN3S. The fraction of sp³-hybridized carbons (Fsp3) is 0.727. The Morgan fingerprint density at radius 2 is 2.38 bits per heavy atom. The van der Waals surface area contributed by atoms with Crippen molar-refractivity contribution in [3.8, 4) is 0 Å². The van der Waals surface area contributed by atoms with E-state index in [0.29, 0.717) is 0 Å². The highest BCUT2D eigenvalue weighted by atomic mass is 35.5. The quantitative estimate of drug-likeness (QED) is 0.904. The van der Waals surface area contributed by atoms with Gasteiger partial charge in [0.1, 0.15) is 0 Å². The Hall–Kier alpha value is -0.160. The zero-order chi connectivity index (χ0) is 10.5. The Balaban J connectivity index is 0.00000128. The second kappa shape index (κ2) is 7.22. The molecule has 0 radical (unpaired) electrons. The summed E-state index contributed by atoms with van der Waals surface area (Å²) in [6.45, 7) is 3.33. The van der Waals surface area contributed by atoms with E-state index in [2.05, 4.69) is 27.6 Å². The third-order valence-corrected chi connectivity index (χ3v) is 3.70. The first-order chi connectivity index (χ1) is 7.36. The van der Waals surface area contributed by atoms with E-state index in [1.807, 2.05) is 5.51 Å². The molecule has 0 saturated carbocycles. The van der Waals surface area contributed by atoms with Gasteiger partial charge in [0.2, 0.25) is 0 Å². The van der Waals surface area contributed by atoms with Crippen LogP contribution in [0.15, 0.2) is 10.9 Å². The van der Waals surface area contributed by atoms with Crippen molar-refractivity contribution in [2.45, 2.75) is 31.8 Å². The van der Waals surface area contributed by atoms with Gasteiger partial charge in [0.05, 0.1) is 11.2 Å². The first-order valence-corrected chi connectivity index (χ1v) is 6.58. The minimum atomic E-state index is 0. The molecule has 2 heterocycles. The molecule has 1 aliphatic rings. The fourth-order valence-corrected chi connectivity index (χ4v) is 2.69. The SMILES string of the molecule is CN(Cc1cscn1)C1CCCNCC1.Cl. The molecule has 0 aliphatic carbocycles. The molecule has 16 heavy (non-hydrogen) atoms. The van der Waals surface area contributed by atoms with Gasteiger partial charge in [-0.25, -0.2) is 4.98 Å². The monoisotopic (exact) mass is 261 g/mol. The number of nitrogens with zero attached hydrogens (tertiary/aromatic N) is 2. The van der Waals surface area contributed by atoms with Crippen molar-refractivity contribution < 1.29 is 0 Å². The molecule has 1 aromatic rings. The van der Waals surface area contributed by atoms with Crippen molar-refractivity contribution in [3.05, 3.63) is 16.6 Å². The predicted octanol–water partition coefficient (Wildman–Crippen LogP) is 2.14. The molecule has 0 spiro atoms. The lowest BCUT2D eigenvalue weighted by molar-refractivity contribution is 0.214. The van der Waals surface area contributed by atoms with E-state index in [1.54, 1.807) is 11.3 Å². The van der Waals surface area contributed by atoms with E-state index in [0.717, 1.165) is 19.1 Å². The standard InChI is InChI=1S/C11H19N3S.ClH/c1-14(7-10-8-15-9-13-10)11-3-2-5-12-6-4-11;/h8-9,11-12H,2-7H2,1H3;1H. The lowest BCUT2D eigenvalue weighted by atomic mass is 10.1. The van der Waals surface area contributed by atoms with E-state index in [-0.39, 0.29) is 12.4 Å². The van der Waals surface area contributed by atoms with Crippen molar-refractivity contribution in [1.29, 1.82) is 0 Å². The zero-order valence-electron chi connectivity index (χ0n) is 9.69. The van der Waals surface area contributed by atoms with E-state index in [9.17, 15) is 0 Å². The van der Waals surface area contributed by atoms with Gasteiger partial charge >= 0.3 is 0 Å². The van der Waals surface area contributed by atoms with Crippen LogP contribution in [0, 0.1) is 0 Å². The van der Waals surface area contributed by atoms with Gasteiger partial charge in [0.15, 0.2) is 0 Å². The highest BCUT2D eigenvalue weighted by molar-refractivity contribution is 7.07. The summed E-state index contributed by atoms with van der Waals surface area (Å²) in [5.41, 5.74) is 3.12. The molecule has 1 saturated heterocycles. The maximum absolute atomic E-state index is 4.34. The van der Waals surface area contributed by atoms with Gasteiger partial charge in [-0.1, -0.05) is 0 Å². The minimum absolute atomic E-state index is 0. The van der Waals surface area contributed by atoms with Crippen LogP contribution < -0.4 is 5.32 Å². The highest BCUT2D eigenvalue weighted by Crippen LogP contribution is 2.14. The van der Waals surface area contributed by atoms with Gasteiger partial charge in [-0.15, -0.1) is 23.7 Å². The zero-order valence-corrected chi connectivity index (χ0v) is 11.3.